The van der Waals surface area contributed by atoms with E-state index in [1.165, 1.54) is 63.1 Å². The third kappa shape index (κ3) is 23.5. The summed E-state index contributed by atoms with van der Waals surface area (Å²) in [6.07, 6.45) is 12.2. The van der Waals surface area contributed by atoms with Gasteiger partial charge in [-0.05, 0) is 117 Å². The Morgan fingerprint density at radius 1 is 0.396 bits per heavy atom. The second-order valence-corrected chi connectivity index (χ2v) is 32.6. The van der Waals surface area contributed by atoms with E-state index in [2.05, 4.69) is 126 Å². The maximum atomic E-state index is 12.9. The molecule has 12 atom stereocenters. The van der Waals surface area contributed by atoms with Crippen molar-refractivity contribution in [3.05, 3.63) is 179 Å². The van der Waals surface area contributed by atoms with Crippen molar-refractivity contribution < 1.29 is 76.7 Å². The van der Waals surface area contributed by atoms with Crippen LogP contribution in [0, 0.1) is 81.8 Å². The Hall–Kier alpha value is -15.7. The lowest BCUT2D eigenvalue weighted by Gasteiger charge is -2.41. The van der Waals surface area contributed by atoms with Crippen LogP contribution in [0.15, 0.2) is 105 Å². The maximum Gasteiger partial charge on any atom is 0.302 e. The minimum absolute atomic E-state index is 0.00551. The molecule has 18 rings (SSSR count). The number of nitrogens with one attached hydrogen (secondary N) is 6. The van der Waals surface area contributed by atoms with E-state index in [9.17, 15) is 30.1 Å². The van der Waals surface area contributed by atoms with E-state index in [-0.39, 0.29) is 82.0 Å². The van der Waals surface area contributed by atoms with Crippen molar-refractivity contribution >= 4 is 137 Å². The van der Waals surface area contributed by atoms with E-state index in [0.29, 0.717) is 95.0 Å². The summed E-state index contributed by atoms with van der Waals surface area (Å²) in [6, 6.07) is 0.992. The number of aromatic amines is 6. The highest BCUT2D eigenvalue weighted by atomic mass is 16.2. The Morgan fingerprint density at radius 2 is 0.748 bits per heavy atom. The fourth-order valence-electron chi connectivity index (χ4n) is 16.8. The van der Waals surface area contributed by atoms with Gasteiger partial charge in [0.05, 0.1) is 75.4 Å². The summed E-state index contributed by atoms with van der Waals surface area (Å²) in [4.78, 5) is 173. The van der Waals surface area contributed by atoms with E-state index in [1.54, 1.807) is 81.0 Å². The average Bonchev–Trinajstić information content (AvgIpc) is 0.702. The third-order valence-corrected chi connectivity index (χ3v) is 24.4. The lowest BCUT2D eigenvalue weighted by Crippen LogP contribution is -2.53. The van der Waals surface area contributed by atoms with Crippen molar-refractivity contribution in [2.24, 2.45) is 35.4 Å². The molecule has 0 aliphatic carbocycles. The van der Waals surface area contributed by atoms with Gasteiger partial charge < -0.3 is 118 Å². The van der Waals surface area contributed by atoms with E-state index < -0.39 is 208 Å². The van der Waals surface area contributed by atoms with Crippen LogP contribution in [0.5, 0.6) is 0 Å². The molecule has 6 aliphatic rings. The number of carbonyl (C=O) groups is 6. The fraction of sp³-hybridized carbons (Fsp3) is 0.505. The Bertz CT molecular complexity index is 8310. The van der Waals surface area contributed by atoms with Crippen molar-refractivity contribution in [3.8, 4) is 0 Å². The number of likely N-dealkylation sites (tertiary alicyclic amines) is 6. The number of fused-ring (bicyclic) bond motifs is 6. The van der Waals surface area contributed by atoms with Crippen LogP contribution >= 0.6 is 0 Å². The number of anilines is 6. The smallest absolute Gasteiger partial charge is 0.302 e. The molecule has 6 N–H and O–H groups in total. The van der Waals surface area contributed by atoms with Gasteiger partial charge in [-0.25, -0.2) is 99.2 Å². The summed E-state index contributed by atoms with van der Waals surface area (Å²) in [7, 11) is 8.77. The van der Waals surface area contributed by atoms with Gasteiger partial charge in [-0.2, -0.15) is 0 Å². The fourth-order valence-corrected chi connectivity index (χ4v) is 16.8. The zero-order chi connectivity index (χ0) is 130. The molecule has 18 heterocycles. The molecule has 12 aromatic rings. The molecule has 12 aromatic heterocycles. The van der Waals surface area contributed by atoms with E-state index in [0.717, 1.165) is 38.9 Å². The number of likely N-dealkylation sites (N-methyl/N-ethyl adjacent to an activating group) is 6. The summed E-state index contributed by atoms with van der Waals surface area (Å²) in [6.45, 7) is 14.4. The Labute approximate surface area is 857 Å². The monoisotopic (exact) mass is 1920 g/mol. The van der Waals surface area contributed by atoms with Crippen LogP contribution in [0.25, 0.3) is 95.3 Å². The van der Waals surface area contributed by atoms with E-state index in [4.69, 9.17) is 86.0 Å². The lowest BCUT2D eigenvalue weighted by molar-refractivity contribution is -0.131. The number of hydrogen-bond donors (Lipinski definition) is 6. The number of hydrogen-bond acceptors (Lipinski definition) is 24. The van der Waals surface area contributed by atoms with Crippen LogP contribution < -0.4 is 29.4 Å². The molecule has 6 amide bonds. The number of piperidine rings is 6. The van der Waals surface area contributed by atoms with Gasteiger partial charge in [0, 0.05) is 183 Å². The molecule has 726 valence electrons. The normalized spacial score (nSPS) is 29.4. The van der Waals surface area contributed by atoms with Gasteiger partial charge >= 0.3 is 35.4 Å². The number of carbonyl (C=O) groups excluding carboxylic acids is 6. The highest BCUT2D eigenvalue weighted by Crippen LogP contribution is 2.37. The van der Waals surface area contributed by atoms with Crippen LogP contribution in [0.1, 0.15) is 133 Å². The van der Waals surface area contributed by atoms with Crippen LogP contribution in [-0.4, -0.2) is 350 Å². The maximum absolute atomic E-state index is 12.9. The predicted molar refractivity (Wildman–Crippen MR) is 532 cm³/mol. The summed E-state index contributed by atoms with van der Waals surface area (Å²) in [5.41, 5.74) is 2.90. The first-order valence-corrected chi connectivity index (χ1v) is 43.2. The number of nitrogens with zero attached hydrogens (tertiary/aromatic N) is 30. The van der Waals surface area contributed by atoms with E-state index in [1.807, 2.05) is 49.0 Å². The molecule has 0 radical (unpaired) electrons. The first kappa shape index (κ1) is 63.6. The van der Waals surface area contributed by atoms with Gasteiger partial charge in [0.1, 0.15) is 122 Å². The Morgan fingerprint density at radius 3 is 1.14 bits per heavy atom. The van der Waals surface area contributed by atoms with Gasteiger partial charge in [-0.15, -0.1) is 0 Å². The first-order chi connectivity index (χ1) is 80.5. The highest BCUT2D eigenvalue weighted by molar-refractivity contribution is 5.93. The molecule has 0 aromatic carbocycles. The number of H-pyrrole nitrogens is 6. The highest BCUT2D eigenvalue weighted by Gasteiger charge is 2.41. The van der Waals surface area contributed by atoms with Crippen LogP contribution in [0.3, 0.4) is 0 Å². The second kappa shape index (κ2) is 46.7. The van der Waals surface area contributed by atoms with Crippen LogP contribution in [0.2, 0.25) is 0 Å². The van der Waals surface area contributed by atoms with Crippen molar-refractivity contribution in [1.82, 2.24) is 119 Å². The van der Waals surface area contributed by atoms with Gasteiger partial charge in [0.25, 0.3) is 39.0 Å². The Kier molecular flexibility index (Phi) is 21.4. The molecule has 6 aliphatic heterocycles. The summed E-state index contributed by atoms with van der Waals surface area (Å²) in [5, 5.41) is 3.27. The zero-order valence-electron chi connectivity index (χ0n) is 112. The quantitative estimate of drug-likeness (QED) is 0.0435. The predicted octanol–water partition coefficient (Wildman–Crippen LogP) is 9.61. The van der Waals surface area contributed by atoms with Crippen LogP contribution in [0.4, 0.5) is 34.9 Å². The van der Waals surface area contributed by atoms with Crippen molar-refractivity contribution in [1.29, 1.82) is 0 Å². The largest absolute Gasteiger partial charge is 0.354 e. The number of aromatic nitrogens is 18. The Balaban J connectivity index is 0.000000172. The molecule has 6 fully saturated rings. The molecule has 0 spiro atoms. The number of amides is 6. The van der Waals surface area contributed by atoms with Gasteiger partial charge in [-0.1, -0.05) is 41.3 Å². The molecule has 42 heteroatoms. The molecular formula is C97H122N36O6. The molecule has 0 bridgehead atoms. The van der Waals surface area contributed by atoms with Gasteiger partial charge in [-0.3, -0.25) is 28.8 Å². The van der Waals surface area contributed by atoms with Crippen molar-refractivity contribution in [2.45, 2.75) is 123 Å². The topological polar surface area (TPSA) is 417 Å². The molecule has 6 saturated heterocycles. The zero-order valence-corrected chi connectivity index (χ0v) is 76.9. The SMILES string of the molecule is [2H]C([2H])([N+]#[C-])C(=O)N1CC[C@@H](C([2H])([2H])[2H])[C@@H](N(C)c2ncnc3[nH]ccc23)C1.[2H]C([2H])([N+]#[C-])C(=O)N1CC[C@@H](C)[C@@H](N(C)c2ncnc3[nH]ccc23)C1.[2H]C([2H])([N+]#[C-])C(=O)N1CC[C@@H](C)[C@@]([2H])(N(C)c2ncnc3[nH]ccc23)C1.[2H]C([2H])([N+]#[C-])C(=O)N1CC[C@@]([2H])(C([2H])([2H])[2H])[C@@H](N(C)c2ncnc3[nH]ccc23)C1.[2H]C([2H])([N+]#[C-])C(=O)N1CC[C@@]([2H])(C)[C@@H](N(C)c2ncnc3[nH]ccc23)C1.[2H]c1nc(N(C([2H])([2H])[2H])[C@@]2([2H])C([2H])([2H])N(C(=O)C[N+]#[C-])C([2H])([2H])C([2H])([2H])[C@@]2([2H])C([2H])([2H])[2H])c2c([2H])c(C)[nH]c2n1. The molecule has 0 unspecified atom stereocenters. The van der Waals surface area contributed by atoms with Crippen molar-refractivity contribution in [2.75, 3.05) is 189 Å². The summed E-state index contributed by atoms with van der Waals surface area (Å²) in [5.74, 6) is -12.1. The van der Waals surface area contributed by atoms with Gasteiger partial charge in [0.2, 0.25) is 0 Å². The molecular weight excluding hydrogens is 1770 g/mol. The molecule has 139 heavy (non-hydrogen) atoms. The second-order valence-electron chi connectivity index (χ2n) is 32.6. The first-order valence-electron chi connectivity index (χ1n) is 60.7. The average molecular weight is 1920 g/mol. The van der Waals surface area contributed by atoms with Gasteiger partial charge in [0.15, 0.2) is 0 Å². The minimum atomic E-state index is -4.36. The number of rotatable bonds is 18. The molecule has 0 saturated carbocycles. The molecule has 42 nitrogen and oxygen atoms in total. The summed E-state index contributed by atoms with van der Waals surface area (Å²) < 4.78 is 284. The number of aryl methyl sites for hydroxylation is 1. The minimum Gasteiger partial charge on any atom is -0.354 e. The standard InChI is InChI=1S/C17H22N6O.5C16H20N6O/c1-11-5-6-23(15(24)8-18-3)9-14(11)22(4)17-13-7-12(2)21-16(13)19-10-20-17;5*1-11-5-7-22(14(23)8-17-2)9-13(11)21(3)16-12-4-6-18-15(12)19-10-20-16/h7,10-11,14H,5-6,8-9H2,1-2,4H3,(H,19,20,21);5*4,6,10-11,13H,5,7-9H2,1,3H3,(H,18,19,20)/t11-,14+;5*11-,13+/m111111/s1/i1D3,4D3,5D2,6D2,7D,9D2,10D,11D,14D;1D3,8D2,11D;8D2,13D;8D2,11D;1D3,8D2;8D2. The van der Waals surface area contributed by atoms with E-state index >= 15 is 0 Å². The van der Waals surface area contributed by atoms with Crippen LogP contribution in [-0.2, 0) is 28.8 Å². The van der Waals surface area contributed by atoms with Crippen molar-refractivity contribution in [3.63, 3.8) is 0 Å². The third-order valence-electron chi connectivity index (χ3n) is 24.4. The lowest BCUT2D eigenvalue weighted by atomic mass is 9.92. The summed E-state index contributed by atoms with van der Waals surface area (Å²) >= 11 is 0.